The zero-order chi connectivity index (χ0) is 17.5. The molecule has 24 heavy (non-hydrogen) atoms. The molecule has 0 aliphatic carbocycles. The zero-order valence-corrected chi connectivity index (χ0v) is 12.9. The predicted molar refractivity (Wildman–Crippen MR) is 80.7 cm³/mol. The molecule has 8 heteroatoms. The molecule has 130 valence electrons. The smallest absolute Gasteiger partial charge is 0.406 e. The van der Waals surface area contributed by atoms with E-state index in [1.165, 1.54) is 18.2 Å². The molecule has 2 unspecified atom stereocenters. The molecule has 2 heterocycles. The molecule has 5 nitrogen and oxygen atoms in total. The first-order chi connectivity index (χ1) is 11.2. The third-order valence-electron chi connectivity index (χ3n) is 4.25. The number of carbonyl (C=O) groups excluding carboxylic acids is 1. The minimum atomic E-state index is -4.76. The van der Waals surface area contributed by atoms with E-state index in [-0.39, 0.29) is 17.6 Å². The number of H-pyrrole nitrogens is 1. The summed E-state index contributed by atoms with van der Waals surface area (Å²) in [7, 11) is 0. The number of likely N-dealkylation sites (tertiary alicyclic amines) is 1. The van der Waals surface area contributed by atoms with Gasteiger partial charge in [0.25, 0.3) is 5.91 Å². The lowest BCUT2D eigenvalue weighted by Gasteiger charge is -2.16. The Balaban J connectivity index is 1.79. The van der Waals surface area contributed by atoms with Gasteiger partial charge in [0, 0.05) is 36.0 Å². The molecule has 1 fully saturated rings. The number of halogens is 3. The van der Waals surface area contributed by atoms with E-state index in [0.29, 0.717) is 29.7 Å². The third kappa shape index (κ3) is 3.48. The summed E-state index contributed by atoms with van der Waals surface area (Å²) in [5.74, 6) is -0.524. The Bertz CT molecular complexity index is 755. The van der Waals surface area contributed by atoms with E-state index in [1.807, 2.05) is 0 Å². The molecular weight excluding hydrogens is 325 g/mol. The molecule has 2 aromatic rings. The van der Waals surface area contributed by atoms with Gasteiger partial charge in [0.15, 0.2) is 0 Å². The maximum atomic E-state index is 12.5. The number of fused-ring (bicyclic) bond motifs is 1. The van der Waals surface area contributed by atoms with Crippen LogP contribution in [-0.2, 0) is 0 Å². The first-order valence-electron chi connectivity index (χ1n) is 7.59. The molecule has 2 atom stereocenters. The highest BCUT2D eigenvalue weighted by molar-refractivity contribution is 5.98. The topological polar surface area (TPSA) is 65.6 Å². The Morgan fingerprint density at radius 1 is 1.42 bits per heavy atom. The van der Waals surface area contributed by atoms with Gasteiger partial charge in [0.2, 0.25) is 0 Å². The highest BCUT2D eigenvalue weighted by atomic mass is 19.4. The first-order valence-corrected chi connectivity index (χ1v) is 7.59. The molecule has 0 spiro atoms. The Labute approximate surface area is 136 Å². The van der Waals surface area contributed by atoms with Crippen molar-refractivity contribution in [1.29, 1.82) is 0 Å². The van der Waals surface area contributed by atoms with Crippen molar-refractivity contribution in [1.82, 2.24) is 9.88 Å². The molecular formula is C16H17F3N2O3. The lowest BCUT2D eigenvalue weighted by Crippen LogP contribution is -2.30. The number of alkyl halides is 3. The van der Waals surface area contributed by atoms with Crippen molar-refractivity contribution in [2.24, 2.45) is 5.92 Å². The average molecular weight is 342 g/mol. The average Bonchev–Trinajstić information content (AvgIpc) is 3.11. The van der Waals surface area contributed by atoms with Gasteiger partial charge in [-0.1, -0.05) is 0 Å². The van der Waals surface area contributed by atoms with E-state index in [0.717, 1.165) is 6.42 Å². The molecule has 1 saturated heterocycles. The number of rotatable bonds is 3. The summed E-state index contributed by atoms with van der Waals surface area (Å²) in [5, 5.41) is 10.2. The van der Waals surface area contributed by atoms with E-state index in [1.54, 1.807) is 17.9 Å². The summed E-state index contributed by atoms with van der Waals surface area (Å²) < 4.78 is 40.7. The van der Waals surface area contributed by atoms with Gasteiger partial charge in [-0.3, -0.25) is 4.79 Å². The van der Waals surface area contributed by atoms with Gasteiger partial charge in [0.05, 0.1) is 6.10 Å². The Hall–Kier alpha value is -2.22. The SMILES string of the molecule is CC(O)C1CCN(C(=O)c2cc3ccc(OC(F)(F)F)cc3[nH]2)C1. The molecule has 1 aromatic carbocycles. The Kier molecular flexibility index (Phi) is 4.16. The number of ether oxygens (including phenoxy) is 1. The quantitative estimate of drug-likeness (QED) is 0.901. The molecule has 1 amide bonds. The van der Waals surface area contributed by atoms with Gasteiger partial charge in [-0.05, 0) is 31.5 Å². The summed E-state index contributed by atoms with van der Waals surface area (Å²) in [5.41, 5.74) is 0.701. The van der Waals surface area contributed by atoms with Crippen LogP contribution in [0.3, 0.4) is 0 Å². The van der Waals surface area contributed by atoms with Crippen LogP contribution < -0.4 is 4.74 Å². The second-order valence-corrected chi connectivity index (χ2v) is 6.02. The molecule has 0 bridgehead atoms. The number of nitrogens with one attached hydrogen (secondary N) is 1. The number of hydrogen-bond acceptors (Lipinski definition) is 3. The van der Waals surface area contributed by atoms with Crippen LogP contribution in [0.2, 0.25) is 0 Å². The van der Waals surface area contributed by atoms with E-state index in [9.17, 15) is 23.1 Å². The van der Waals surface area contributed by atoms with Crippen molar-refractivity contribution in [3.63, 3.8) is 0 Å². The number of aliphatic hydroxyl groups is 1. The fraction of sp³-hybridized carbons (Fsp3) is 0.438. The van der Waals surface area contributed by atoms with Crippen LogP contribution in [0.1, 0.15) is 23.8 Å². The molecule has 1 aromatic heterocycles. The summed E-state index contributed by atoms with van der Waals surface area (Å²) in [6.45, 7) is 2.71. The fourth-order valence-electron chi connectivity index (χ4n) is 2.95. The van der Waals surface area contributed by atoms with Crippen molar-refractivity contribution in [3.05, 3.63) is 30.0 Å². The standard InChI is InChI=1S/C16H17F3N2O3/c1-9(22)11-4-5-21(8-11)15(23)14-6-10-2-3-12(7-13(10)20-14)24-16(17,18)19/h2-3,6-7,9,11,20,22H,4-5,8H2,1H3. The minimum Gasteiger partial charge on any atom is -0.406 e. The Morgan fingerprint density at radius 3 is 2.79 bits per heavy atom. The van der Waals surface area contributed by atoms with E-state index < -0.39 is 12.5 Å². The van der Waals surface area contributed by atoms with Crippen LogP contribution in [0.25, 0.3) is 10.9 Å². The van der Waals surface area contributed by atoms with Crippen molar-refractivity contribution in [2.75, 3.05) is 13.1 Å². The lowest BCUT2D eigenvalue weighted by atomic mass is 10.0. The zero-order valence-electron chi connectivity index (χ0n) is 12.9. The minimum absolute atomic E-state index is 0.0464. The van der Waals surface area contributed by atoms with Crippen LogP contribution >= 0.6 is 0 Å². The second kappa shape index (κ2) is 6.01. The van der Waals surface area contributed by atoms with Crippen molar-refractivity contribution in [2.45, 2.75) is 25.8 Å². The number of amides is 1. The maximum absolute atomic E-state index is 12.5. The van der Waals surface area contributed by atoms with Gasteiger partial charge in [0.1, 0.15) is 11.4 Å². The van der Waals surface area contributed by atoms with Crippen LogP contribution in [-0.4, -0.2) is 46.5 Å². The van der Waals surface area contributed by atoms with Crippen LogP contribution in [0.4, 0.5) is 13.2 Å². The first kappa shape index (κ1) is 16.6. The molecule has 3 rings (SSSR count). The van der Waals surface area contributed by atoms with Crippen LogP contribution in [0, 0.1) is 5.92 Å². The van der Waals surface area contributed by atoms with E-state index >= 15 is 0 Å². The predicted octanol–water partition coefficient (Wildman–Crippen LogP) is 2.91. The van der Waals surface area contributed by atoms with Gasteiger partial charge in [-0.2, -0.15) is 0 Å². The monoisotopic (exact) mass is 342 g/mol. The summed E-state index contributed by atoms with van der Waals surface area (Å²) >= 11 is 0. The van der Waals surface area contributed by atoms with Gasteiger partial charge >= 0.3 is 6.36 Å². The lowest BCUT2D eigenvalue weighted by molar-refractivity contribution is -0.274. The van der Waals surface area contributed by atoms with Crippen molar-refractivity contribution in [3.8, 4) is 5.75 Å². The highest BCUT2D eigenvalue weighted by Crippen LogP contribution is 2.28. The summed E-state index contributed by atoms with van der Waals surface area (Å²) in [4.78, 5) is 17.0. The number of aromatic nitrogens is 1. The molecule has 0 saturated carbocycles. The van der Waals surface area contributed by atoms with Gasteiger partial charge in [-0.25, -0.2) is 0 Å². The Morgan fingerprint density at radius 2 is 2.17 bits per heavy atom. The highest BCUT2D eigenvalue weighted by Gasteiger charge is 2.32. The number of aliphatic hydroxyl groups excluding tert-OH is 1. The number of nitrogens with zero attached hydrogens (tertiary/aromatic N) is 1. The van der Waals surface area contributed by atoms with E-state index in [2.05, 4.69) is 9.72 Å². The normalized spacial score (nSPS) is 19.7. The molecule has 1 aliphatic rings. The van der Waals surface area contributed by atoms with Crippen molar-refractivity contribution >= 4 is 16.8 Å². The fourth-order valence-corrected chi connectivity index (χ4v) is 2.95. The number of benzene rings is 1. The third-order valence-corrected chi connectivity index (χ3v) is 4.25. The molecule has 2 N–H and O–H groups in total. The van der Waals surface area contributed by atoms with Gasteiger partial charge < -0.3 is 19.7 Å². The summed E-state index contributed by atoms with van der Waals surface area (Å²) in [6, 6.07) is 5.48. The summed E-state index contributed by atoms with van der Waals surface area (Å²) in [6.07, 6.45) is -4.51. The van der Waals surface area contributed by atoms with Gasteiger partial charge in [-0.15, -0.1) is 13.2 Å². The number of aromatic amines is 1. The van der Waals surface area contributed by atoms with E-state index in [4.69, 9.17) is 0 Å². The maximum Gasteiger partial charge on any atom is 0.573 e. The number of carbonyl (C=O) groups is 1. The number of hydrogen-bond donors (Lipinski definition) is 2. The molecule has 0 radical (unpaired) electrons. The van der Waals surface area contributed by atoms with Crippen molar-refractivity contribution < 1.29 is 27.8 Å². The molecule has 1 aliphatic heterocycles. The van der Waals surface area contributed by atoms with Crippen LogP contribution in [0.5, 0.6) is 5.75 Å². The second-order valence-electron chi connectivity index (χ2n) is 6.02. The van der Waals surface area contributed by atoms with Crippen LogP contribution in [0.15, 0.2) is 24.3 Å². The largest absolute Gasteiger partial charge is 0.573 e.